The van der Waals surface area contributed by atoms with Gasteiger partial charge in [0, 0.05) is 12.0 Å². The molecule has 2 atom stereocenters. The Kier molecular flexibility index (Phi) is 4.54. The zero-order valence-corrected chi connectivity index (χ0v) is 14.0. The number of benzene rings is 2. The van der Waals surface area contributed by atoms with Gasteiger partial charge in [0.05, 0.1) is 6.54 Å². The van der Waals surface area contributed by atoms with Crippen LogP contribution < -0.4 is 15.9 Å². The predicted molar refractivity (Wildman–Crippen MR) is 95.8 cm³/mol. The maximum Gasteiger partial charge on any atom is 0.223 e. The highest BCUT2D eigenvalue weighted by Gasteiger charge is 2.38. The summed E-state index contributed by atoms with van der Waals surface area (Å²) in [7, 11) is 0. The van der Waals surface area contributed by atoms with Crippen LogP contribution in [0.4, 0.5) is 0 Å². The Morgan fingerprint density at radius 3 is 2.68 bits per heavy atom. The lowest BCUT2D eigenvalue weighted by atomic mass is 10.1. The Bertz CT molecular complexity index is 733. The molecule has 3 N–H and O–H groups in total. The summed E-state index contributed by atoms with van der Waals surface area (Å²) < 4.78 is 11.2. The number of nitrogens with two attached hydrogens (primary N) is 1. The monoisotopic (exact) mass is 338 g/mol. The number of hydrogen-bond acceptors (Lipinski definition) is 6. The van der Waals surface area contributed by atoms with Crippen LogP contribution in [0.5, 0.6) is 5.75 Å². The highest BCUT2D eigenvalue weighted by atomic mass is 16.5. The minimum absolute atomic E-state index is 0.329. The van der Waals surface area contributed by atoms with Gasteiger partial charge in [-0.15, -0.1) is 5.10 Å². The van der Waals surface area contributed by atoms with Crippen LogP contribution in [0.3, 0.4) is 0 Å². The molecule has 2 aliphatic rings. The first-order valence-corrected chi connectivity index (χ1v) is 8.50. The molecule has 0 amide bonds. The van der Waals surface area contributed by atoms with Gasteiger partial charge in [0.25, 0.3) is 0 Å². The molecule has 6 nitrogen and oxygen atoms in total. The average Bonchev–Trinajstić information content (AvgIpc) is 3.32. The van der Waals surface area contributed by atoms with Gasteiger partial charge in [0.2, 0.25) is 5.90 Å². The van der Waals surface area contributed by atoms with Crippen molar-refractivity contribution in [3.63, 3.8) is 0 Å². The van der Waals surface area contributed by atoms with Crippen molar-refractivity contribution in [2.75, 3.05) is 13.3 Å². The number of hydrazine groups is 1. The van der Waals surface area contributed by atoms with E-state index in [0.717, 1.165) is 12.2 Å². The lowest BCUT2D eigenvalue weighted by Gasteiger charge is -2.08. The van der Waals surface area contributed by atoms with Crippen molar-refractivity contribution in [3.8, 4) is 5.75 Å². The number of nitrogens with one attached hydrogen (secondary N) is 1. The number of rotatable bonds is 7. The molecule has 4 rings (SSSR count). The molecule has 2 aromatic rings. The molecule has 0 saturated heterocycles. The zero-order chi connectivity index (χ0) is 17.1. The molecule has 1 aliphatic carbocycles. The van der Waals surface area contributed by atoms with Crippen molar-refractivity contribution in [2.24, 2.45) is 10.9 Å². The van der Waals surface area contributed by atoms with E-state index in [2.05, 4.69) is 34.7 Å². The summed E-state index contributed by atoms with van der Waals surface area (Å²) in [5.41, 5.74) is 2.51. The minimum atomic E-state index is 0.329. The molecule has 1 fully saturated rings. The predicted octanol–water partition coefficient (Wildman–Crippen LogP) is 2.19. The van der Waals surface area contributed by atoms with Gasteiger partial charge in [0.1, 0.15) is 12.4 Å². The second kappa shape index (κ2) is 7.13. The van der Waals surface area contributed by atoms with Crippen LogP contribution in [0.15, 0.2) is 59.7 Å². The second-order valence-corrected chi connectivity index (χ2v) is 6.38. The molecule has 0 bridgehead atoms. The summed E-state index contributed by atoms with van der Waals surface area (Å²) >= 11 is 0. The van der Waals surface area contributed by atoms with Gasteiger partial charge in [-0.3, -0.25) is 0 Å². The molecule has 2 unspecified atom stereocenters. The molecule has 1 heterocycles. The molecule has 0 aromatic heterocycles. The maximum absolute atomic E-state index is 5.83. The average molecular weight is 338 g/mol. The number of hydrazone groups is 1. The molecule has 0 radical (unpaired) electrons. The Morgan fingerprint density at radius 2 is 1.96 bits per heavy atom. The zero-order valence-electron chi connectivity index (χ0n) is 14.0. The summed E-state index contributed by atoms with van der Waals surface area (Å²) in [6.45, 7) is 1.54. The fraction of sp³-hybridized carbons (Fsp3) is 0.316. The first kappa shape index (κ1) is 15.9. The molecule has 1 saturated carbocycles. The van der Waals surface area contributed by atoms with Crippen molar-refractivity contribution in [2.45, 2.75) is 25.0 Å². The molecule has 130 valence electrons. The van der Waals surface area contributed by atoms with E-state index >= 15 is 0 Å². The summed E-state index contributed by atoms with van der Waals surface area (Å²) in [4.78, 5) is 0. The van der Waals surface area contributed by atoms with Crippen LogP contribution in [-0.2, 0) is 11.3 Å². The molecular formula is C19H22N4O2. The van der Waals surface area contributed by atoms with E-state index in [1.54, 1.807) is 0 Å². The van der Waals surface area contributed by atoms with Gasteiger partial charge in [-0.25, -0.2) is 5.84 Å². The maximum atomic E-state index is 5.83. The van der Waals surface area contributed by atoms with E-state index in [9.17, 15) is 0 Å². The second-order valence-electron chi connectivity index (χ2n) is 6.38. The lowest BCUT2D eigenvalue weighted by Crippen LogP contribution is -2.26. The third kappa shape index (κ3) is 4.10. The van der Waals surface area contributed by atoms with E-state index in [-0.39, 0.29) is 0 Å². The normalized spacial score (nSPS) is 21.6. The minimum Gasteiger partial charge on any atom is -0.489 e. The van der Waals surface area contributed by atoms with E-state index in [1.807, 2.05) is 30.3 Å². The van der Waals surface area contributed by atoms with Crippen molar-refractivity contribution in [1.82, 2.24) is 10.4 Å². The molecule has 6 heteroatoms. The summed E-state index contributed by atoms with van der Waals surface area (Å²) in [6.07, 6.45) is 1.13. The number of hydrogen-bond donors (Lipinski definition) is 2. The summed E-state index contributed by atoms with van der Waals surface area (Å²) in [6, 6.07) is 19.0. The highest BCUT2D eigenvalue weighted by Crippen LogP contribution is 2.41. The van der Waals surface area contributed by atoms with Gasteiger partial charge in [-0.1, -0.05) is 42.5 Å². The molecule has 0 spiro atoms. The van der Waals surface area contributed by atoms with Crippen molar-refractivity contribution >= 4 is 5.90 Å². The van der Waals surface area contributed by atoms with E-state index < -0.39 is 0 Å². The van der Waals surface area contributed by atoms with Gasteiger partial charge in [-0.2, -0.15) is 5.12 Å². The van der Waals surface area contributed by atoms with Gasteiger partial charge in [0.15, 0.2) is 6.73 Å². The van der Waals surface area contributed by atoms with Crippen molar-refractivity contribution in [3.05, 3.63) is 65.7 Å². The van der Waals surface area contributed by atoms with E-state index in [4.69, 9.17) is 15.3 Å². The topological polar surface area (TPSA) is 72.1 Å². The number of ether oxygens (including phenoxy) is 2. The van der Waals surface area contributed by atoms with Gasteiger partial charge < -0.3 is 14.8 Å². The van der Waals surface area contributed by atoms with Crippen LogP contribution in [0, 0.1) is 0 Å². The fourth-order valence-electron chi connectivity index (χ4n) is 2.99. The molecule has 25 heavy (non-hydrogen) atoms. The molecule has 1 aliphatic heterocycles. The summed E-state index contributed by atoms with van der Waals surface area (Å²) in [5.74, 6) is 7.61. The smallest absolute Gasteiger partial charge is 0.223 e. The number of nitrogens with zero attached hydrogens (tertiary/aromatic N) is 2. The van der Waals surface area contributed by atoms with Gasteiger partial charge in [-0.05, 0) is 29.7 Å². The molecular weight excluding hydrogens is 316 g/mol. The first-order valence-electron chi connectivity index (χ1n) is 8.50. The van der Waals surface area contributed by atoms with Crippen LogP contribution in [0.25, 0.3) is 0 Å². The quantitative estimate of drug-likeness (QED) is 0.757. The largest absolute Gasteiger partial charge is 0.489 e. The standard InChI is InChI=1S/C19H22N4O2/c20-23-13-25-19(22-23)11-21-18-10-17(18)15-6-8-16(9-7-15)24-12-14-4-2-1-3-5-14/h1-9,17-18,21H,10-13,20H2. The Hall–Kier alpha value is -2.57. The lowest BCUT2D eigenvalue weighted by molar-refractivity contribution is 0.170. The van der Waals surface area contributed by atoms with Crippen LogP contribution in [0.1, 0.15) is 23.5 Å². The SMILES string of the molecule is NN1COC(CNC2CC2c2ccc(OCc3ccccc3)cc2)=N1. The fourth-order valence-corrected chi connectivity index (χ4v) is 2.99. The van der Waals surface area contributed by atoms with Crippen molar-refractivity contribution in [1.29, 1.82) is 0 Å². The third-order valence-corrected chi connectivity index (χ3v) is 4.47. The van der Waals surface area contributed by atoms with Crippen LogP contribution in [-0.4, -0.2) is 30.3 Å². The summed E-state index contributed by atoms with van der Waals surface area (Å²) in [5, 5.41) is 8.83. The van der Waals surface area contributed by atoms with Gasteiger partial charge >= 0.3 is 0 Å². The van der Waals surface area contributed by atoms with E-state index in [1.165, 1.54) is 16.2 Å². The van der Waals surface area contributed by atoms with Crippen LogP contribution in [0.2, 0.25) is 0 Å². The van der Waals surface area contributed by atoms with Crippen molar-refractivity contribution < 1.29 is 9.47 Å². The Morgan fingerprint density at radius 1 is 1.16 bits per heavy atom. The Labute approximate surface area is 147 Å². The van der Waals surface area contributed by atoms with E-state index in [0.29, 0.717) is 37.7 Å². The highest BCUT2D eigenvalue weighted by molar-refractivity contribution is 5.78. The van der Waals surface area contributed by atoms with Crippen LogP contribution >= 0.6 is 0 Å². The Balaban J connectivity index is 1.25. The molecule has 2 aromatic carbocycles. The third-order valence-electron chi connectivity index (χ3n) is 4.47. The first-order chi connectivity index (χ1) is 12.3.